The van der Waals surface area contributed by atoms with Gasteiger partial charge in [0, 0.05) is 26.2 Å². The number of likely N-dealkylation sites (N-methyl/N-ethyl adjacent to an activating group) is 1. The summed E-state index contributed by atoms with van der Waals surface area (Å²) in [6.45, 7) is 9.08. The fourth-order valence-corrected chi connectivity index (χ4v) is 2.73. The number of methoxy groups -OCH3 is 2. The van der Waals surface area contributed by atoms with Crippen molar-refractivity contribution in [1.82, 2.24) is 10.2 Å². The number of esters is 1. The average molecular weight is 286 g/mol. The van der Waals surface area contributed by atoms with Gasteiger partial charge in [-0.05, 0) is 39.2 Å². The first kappa shape index (κ1) is 17.4. The van der Waals surface area contributed by atoms with E-state index in [1.807, 2.05) is 13.8 Å². The van der Waals surface area contributed by atoms with Crippen molar-refractivity contribution in [1.29, 1.82) is 0 Å². The molecule has 1 saturated carbocycles. The summed E-state index contributed by atoms with van der Waals surface area (Å²) in [5.74, 6) is 0.556. The number of nitrogens with zero attached hydrogens (tertiary/aromatic N) is 1. The monoisotopic (exact) mass is 286 g/mol. The van der Waals surface area contributed by atoms with Crippen LogP contribution in [0.3, 0.4) is 0 Å². The topological polar surface area (TPSA) is 50.8 Å². The quantitative estimate of drug-likeness (QED) is 0.613. The lowest BCUT2D eigenvalue weighted by atomic mass is 10.00. The van der Waals surface area contributed by atoms with Gasteiger partial charge >= 0.3 is 5.97 Å². The summed E-state index contributed by atoms with van der Waals surface area (Å²) in [5.41, 5.74) is -0.666. The van der Waals surface area contributed by atoms with Crippen molar-refractivity contribution in [3.63, 3.8) is 0 Å². The van der Waals surface area contributed by atoms with Gasteiger partial charge in [-0.15, -0.1) is 0 Å². The molecule has 2 unspecified atom stereocenters. The molecule has 5 nitrogen and oxygen atoms in total. The van der Waals surface area contributed by atoms with Gasteiger partial charge in [-0.25, -0.2) is 0 Å². The Labute approximate surface area is 123 Å². The number of ether oxygens (including phenoxy) is 2. The van der Waals surface area contributed by atoms with Crippen LogP contribution in [0.4, 0.5) is 0 Å². The van der Waals surface area contributed by atoms with E-state index in [0.29, 0.717) is 19.2 Å². The zero-order valence-electron chi connectivity index (χ0n) is 13.6. The standard InChI is InChI=1S/C15H30N2O3/c1-6-16-15(3,14(18)20-5)11-17(9-10-19-4)12(2)13-7-8-13/h12-13,16H,6-11H2,1-5H3. The molecule has 1 aliphatic carbocycles. The molecule has 0 heterocycles. The van der Waals surface area contributed by atoms with E-state index in [1.54, 1.807) is 7.11 Å². The molecule has 1 fully saturated rings. The lowest BCUT2D eigenvalue weighted by Crippen LogP contribution is -2.59. The van der Waals surface area contributed by atoms with Gasteiger partial charge in [0.2, 0.25) is 0 Å². The van der Waals surface area contributed by atoms with Crippen LogP contribution in [0.25, 0.3) is 0 Å². The molecule has 0 amide bonds. The van der Waals surface area contributed by atoms with Gasteiger partial charge in [-0.1, -0.05) is 6.92 Å². The first-order chi connectivity index (χ1) is 9.48. The average Bonchev–Trinajstić information content (AvgIpc) is 3.26. The van der Waals surface area contributed by atoms with E-state index >= 15 is 0 Å². The molecular weight excluding hydrogens is 256 g/mol. The van der Waals surface area contributed by atoms with Gasteiger partial charge < -0.3 is 14.8 Å². The lowest BCUT2D eigenvalue weighted by Gasteiger charge is -2.37. The number of nitrogens with one attached hydrogen (secondary N) is 1. The molecule has 20 heavy (non-hydrogen) atoms. The zero-order chi connectivity index (χ0) is 15.2. The number of rotatable bonds is 10. The van der Waals surface area contributed by atoms with Crippen molar-refractivity contribution in [2.45, 2.75) is 45.2 Å². The number of carbonyl (C=O) groups excluding carboxylic acids is 1. The third-order valence-electron chi connectivity index (χ3n) is 4.19. The molecule has 0 aromatic heterocycles. The summed E-state index contributed by atoms with van der Waals surface area (Å²) in [7, 11) is 3.16. The number of hydrogen-bond donors (Lipinski definition) is 1. The fourth-order valence-electron chi connectivity index (χ4n) is 2.73. The highest BCUT2D eigenvalue weighted by Crippen LogP contribution is 2.35. The van der Waals surface area contributed by atoms with Crippen molar-refractivity contribution >= 4 is 5.97 Å². The van der Waals surface area contributed by atoms with E-state index in [9.17, 15) is 4.79 Å². The van der Waals surface area contributed by atoms with Crippen molar-refractivity contribution < 1.29 is 14.3 Å². The van der Waals surface area contributed by atoms with Crippen LogP contribution >= 0.6 is 0 Å². The molecule has 0 spiro atoms. The molecule has 0 saturated heterocycles. The normalized spacial score (nSPS) is 19.7. The second-order valence-electron chi connectivity index (χ2n) is 5.90. The van der Waals surface area contributed by atoms with E-state index in [4.69, 9.17) is 9.47 Å². The molecule has 2 atom stereocenters. The summed E-state index contributed by atoms with van der Waals surface area (Å²) in [6, 6.07) is 0.479. The Morgan fingerprint density at radius 1 is 1.45 bits per heavy atom. The molecule has 1 rings (SSSR count). The van der Waals surface area contributed by atoms with Crippen LogP contribution < -0.4 is 5.32 Å². The molecule has 1 aliphatic rings. The minimum absolute atomic E-state index is 0.204. The Kier molecular flexibility index (Phi) is 6.92. The SMILES string of the molecule is CCNC(C)(CN(CCOC)C(C)C1CC1)C(=O)OC. The van der Waals surface area contributed by atoms with Crippen LogP contribution in [0.15, 0.2) is 0 Å². The molecule has 118 valence electrons. The Morgan fingerprint density at radius 2 is 2.10 bits per heavy atom. The minimum atomic E-state index is -0.666. The number of carbonyl (C=O) groups is 1. The van der Waals surface area contributed by atoms with Crippen LogP contribution in [0.5, 0.6) is 0 Å². The van der Waals surface area contributed by atoms with Crippen molar-refractivity contribution in [2.75, 3.05) is 40.5 Å². The Morgan fingerprint density at radius 3 is 2.55 bits per heavy atom. The van der Waals surface area contributed by atoms with Crippen LogP contribution in [0.1, 0.15) is 33.6 Å². The van der Waals surface area contributed by atoms with Crippen molar-refractivity contribution in [2.24, 2.45) is 5.92 Å². The zero-order valence-corrected chi connectivity index (χ0v) is 13.6. The predicted octanol–water partition coefficient (Wildman–Crippen LogP) is 1.27. The maximum atomic E-state index is 12.1. The van der Waals surface area contributed by atoms with E-state index in [-0.39, 0.29) is 5.97 Å². The summed E-state index contributed by atoms with van der Waals surface area (Å²) in [4.78, 5) is 14.4. The molecule has 0 radical (unpaired) electrons. The summed E-state index contributed by atoms with van der Waals surface area (Å²) in [6.07, 6.45) is 2.58. The lowest BCUT2D eigenvalue weighted by molar-refractivity contribution is -0.149. The van der Waals surface area contributed by atoms with E-state index in [1.165, 1.54) is 20.0 Å². The molecule has 0 aromatic rings. The largest absolute Gasteiger partial charge is 0.468 e. The van der Waals surface area contributed by atoms with Gasteiger partial charge in [0.05, 0.1) is 13.7 Å². The highest BCUT2D eigenvalue weighted by Gasteiger charge is 2.39. The van der Waals surface area contributed by atoms with Gasteiger partial charge in [0.15, 0.2) is 0 Å². The third kappa shape index (κ3) is 4.72. The van der Waals surface area contributed by atoms with Gasteiger partial charge in [0.1, 0.15) is 5.54 Å². The first-order valence-electron chi connectivity index (χ1n) is 7.55. The molecular formula is C15H30N2O3. The highest BCUT2D eigenvalue weighted by molar-refractivity contribution is 5.80. The smallest absolute Gasteiger partial charge is 0.327 e. The second kappa shape index (κ2) is 7.96. The minimum Gasteiger partial charge on any atom is -0.468 e. The molecule has 0 bridgehead atoms. The third-order valence-corrected chi connectivity index (χ3v) is 4.19. The summed E-state index contributed by atoms with van der Waals surface area (Å²) >= 11 is 0. The predicted molar refractivity (Wildman–Crippen MR) is 79.7 cm³/mol. The van der Waals surface area contributed by atoms with Crippen molar-refractivity contribution in [3.8, 4) is 0 Å². The van der Waals surface area contributed by atoms with E-state index in [0.717, 1.165) is 19.0 Å². The maximum absolute atomic E-state index is 12.1. The summed E-state index contributed by atoms with van der Waals surface area (Å²) in [5, 5.41) is 3.27. The molecule has 5 heteroatoms. The number of hydrogen-bond acceptors (Lipinski definition) is 5. The summed E-state index contributed by atoms with van der Waals surface area (Å²) < 4.78 is 10.2. The first-order valence-corrected chi connectivity index (χ1v) is 7.55. The second-order valence-corrected chi connectivity index (χ2v) is 5.90. The van der Waals surface area contributed by atoms with Gasteiger partial charge in [-0.2, -0.15) is 0 Å². The Balaban J connectivity index is 2.74. The molecule has 0 aromatic carbocycles. The van der Waals surface area contributed by atoms with Crippen LogP contribution in [-0.4, -0.2) is 62.9 Å². The Bertz CT molecular complexity index is 307. The van der Waals surface area contributed by atoms with Gasteiger partial charge in [0.25, 0.3) is 0 Å². The highest BCUT2D eigenvalue weighted by atomic mass is 16.5. The van der Waals surface area contributed by atoms with Crippen LogP contribution in [0, 0.1) is 5.92 Å². The van der Waals surface area contributed by atoms with Crippen LogP contribution in [-0.2, 0) is 14.3 Å². The van der Waals surface area contributed by atoms with E-state index < -0.39 is 5.54 Å². The van der Waals surface area contributed by atoms with Crippen LogP contribution in [0.2, 0.25) is 0 Å². The fraction of sp³-hybridized carbons (Fsp3) is 0.933. The molecule has 1 N–H and O–H groups in total. The van der Waals surface area contributed by atoms with E-state index in [2.05, 4.69) is 17.1 Å². The van der Waals surface area contributed by atoms with Gasteiger partial charge in [-0.3, -0.25) is 9.69 Å². The Hall–Kier alpha value is -0.650. The van der Waals surface area contributed by atoms with Crippen molar-refractivity contribution in [3.05, 3.63) is 0 Å². The maximum Gasteiger partial charge on any atom is 0.327 e. The molecule has 0 aliphatic heterocycles.